The Morgan fingerprint density at radius 1 is 1.38 bits per heavy atom. The van der Waals surface area contributed by atoms with Gasteiger partial charge in [-0.25, -0.2) is 4.79 Å². The number of unbranched alkanes of at least 4 members (excludes halogenated alkanes) is 1. The minimum Gasteiger partial charge on any atom is -0.462 e. The van der Waals surface area contributed by atoms with Crippen LogP contribution < -0.4 is 0 Å². The first kappa shape index (κ1) is 16.5. The Balaban J connectivity index is 1.66. The predicted molar refractivity (Wildman–Crippen MR) is 77.7 cm³/mol. The molecule has 0 aromatic carbocycles. The largest absolute Gasteiger partial charge is 0.462 e. The van der Waals surface area contributed by atoms with Gasteiger partial charge in [0.1, 0.15) is 0 Å². The molecule has 2 rings (SSSR count). The summed E-state index contributed by atoms with van der Waals surface area (Å²) in [4.78, 5) is 11.9. The number of ether oxygens (including phenoxy) is 2. The lowest BCUT2D eigenvalue weighted by atomic mass is 9.90. The minimum absolute atomic E-state index is 0.129. The maximum Gasteiger partial charge on any atom is 0.333 e. The molecule has 1 saturated carbocycles. The third-order valence-corrected chi connectivity index (χ3v) is 4.24. The number of epoxide rings is 1. The number of carbonyl (C=O) groups excluding carboxylic acids is 1. The molecule has 0 bridgehead atoms. The first-order chi connectivity index (χ1) is 10.1. The summed E-state index contributed by atoms with van der Waals surface area (Å²) in [6, 6.07) is 0. The van der Waals surface area contributed by atoms with Gasteiger partial charge in [-0.05, 0) is 57.4 Å². The molecule has 1 aliphatic heterocycles. The molecule has 4 atom stereocenters. The Labute approximate surface area is 125 Å². The summed E-state index contributed by atoms with van der Waals surface area (Å²) >= 11 is 0. The molecule has 0 aromatic rings. The van der Waals surface area contributed by atoms with Gasteiger partial charge in [0, 0.05) is 12.2 Å². The Morgan fingerprint density at radius 2 is 2.19 bits per heavy atom. The summed E-state index contributed by atoms with van der Waals surface area (Å²) in [6.45, 7) is 2.24. The Morgan fingerprint density at radius 3 is 2.90 bits per heavy atom. The number of fused-ring (bicyclic) bond motifs is 1. The van der Waals surface area contributed by atoms with Crippen LogP contribution in [0.1, 0.15) is 45.4 Å². The van der Waals surface area contributed by atoms with E-state index in [1.54, 1.807) is 13.0 Å². The molecule has 1 saturated heterocycles. The number of hydrogen-bond acceptors (Lipinski definition) is 5. The van der Waals surface area contributed by atoms with Crippen LogP contribution >= 0.6 is 0 Å². The molecular formula is C16H26O5. The van der Waals surface area contributed by atoms with Crippen molar-refractivity contribution in [2.24, 2.45) is 5.92 Å². The number of esters is 1. The van der Waals surface area contributed by atoms with Crippen molar-refractivity contribution in [1.82, 2.24) is 0 Å². The van der Waals surface area contributed by atoms with E-state index in [-0.39, 0.29) is 12.6 Å². The van der Waals surface area contributed by atoms with Gasteiger partial charge in [-0.2, -0.15) is 0 Å². The highest BCUT2D eigenvalue weighted by Gasteiger charge is 2.43. The van der Waals surface area contributed by atoms with Gasteiger partial charge in [0.25, 0.3) is 0 Å². The Bertz CT molecular complexity index is 379. The highest BCUT2D eigenvalue weighted by molar-refractivity contribution is 5.87. The number of rotatable bonds is 8. The van der Waals surface area contributed by atoms with Crippen molar-refractivity contribution < 1.29 is 24.5 Å². The zero-order chi connectivity index (χ0) is 15.2. The van der Waals surface area contributed by atoms with Crippen LogP contribution in [0.5, 0.6) is 0 Å². The smallest absolute Gasteiger partial charge is 0.333 e. The quantitative estimate of drug-likeness (QED) is 0.308. The van der Waals surface area contributed by atoms with Crippen molar-refractivity contribution in [2.75, 3.05) is 13.2 Å². The van der Waals surface area contributed by atoms with Crippen LogP contribution in [0, 0.1) is 5.92 Å². The molecule has 0 spiro atoms. The average Bonchev–Trinajstić information content (AvgIpc) is 3.23. The molecule has 5 heteroatoms. The van der Waals surface area contributed by atoms with Crippen LogP contribution in [-0.4, -0.2) is 47.7 Å². The van der Waals surface area contributed by atoms with E-state index in [2.05, 4.69) is 0 Å². The fourth-order valence-corrected chi connectivity index (χ4v) is 2.85. The number of aliphatic hydroxyl groups is 2. The zero-order valence-electron chi connectivity index (χ0n) is 12.7. The SMILES string of the molecule is CC(=CC(O)CCCCO)C(=O)OCC1CCC2OC2C1. The summed E-state index contributed by atoms with van der Waals surface area (Å²) in [5, 5.41) is 18.5. The monoisotopic (exact) mass is 298 g/mol. The van der Waals surface area contributed by atoms with E-state index in [9.17, 15) is 9.90 Å². The first-order valence-electron chi connectivity index (χ1n) is 7.90. The van der Waals surface area contributed by atoms with Crippen molar-refractivity contribution in [3.63, 3.8) is 0 Å². The standard InChI is InChI=1S/C16H26O5/c1-11(8-13(18)4-2-3-7-17)16(19)20-10-12-5-6-14-15(9-12)21-14/h8,12-15,17-18H,2-7,9-10H2,1H3. The molecule has 2 aliphatic rings. The van der Waals surface area contributed by atoms with Crippen molar-refractivity contribution in [1.29, 1.82) is 0 Å². The van der Waals surface area contributed by atoms with Gasteiger partial charge in [-0.1, -0.05) is 0 Å². The maximum atomic E-state index is 11.9. The normalized spacial score (nSPS) is 29.7. The maximum absolute atomic E-state index is 11.9. The van der Waals surface area contributed by atoms with Crippen molar-refractivity contribution >= 4 is 5.97 Å². The van der Waals surface area contributed by atoms with E-state index in [4.69, 9.17) is 14.6 Å². The van der Waals surface area contributed by atoms with Gasteiger partial charge in [0.15, 0.2) is 0 Å². The van der Waals surface area contributed by atoms with Crippen LogP contribution in [0.2, 0.25) is 0 Å². The number of carbonyl (C=O) groups is 1. The van der Waals surface area contributed by atoms with Gasteiger partial charge >= 0.3 is 5.97 Å². The summed E-state index contributed by atoms with van der Waals surface area (Å²) in [6.07, 6.45) is 6.83. The first-order valence-corrected chi connectivity index (χ1v) is 7.90. The molecule has 0 amide bonds. The van der Waals surface area contributed by atoms with Crippen molar-refractivity contribution in [3.05, 3.63) is 11.6 Å². The molecule has 21 heavy (non-hydrogen) atoms. The van der Waals surface area contributed by atoms with E-state index in [0.29, 0.717) is 43.1 Å². The van der Waals surface area contributed by atoms with Gasteiger partial charge in [-0.3, -0.25) is 0 Å². The third kappa shape index (κ3) is 5.41. The Hall–Kier alpha value is -0.910. The molecule has 0 radical (unpaired) electrons. The highest BCUT2D eigenvalue weighted by Crippen LogP contribution is 2.39. The van der Waals surface area contributed by atoms with Crippen LogP contribution in [0.25, 0.3) is 0 Å². The minimum atomic E-state index is -0.653. The molecular weight excluding hydrogens is 272 g/mol. The van der Waals surface area contributed by atoms with Crippen LogP contribution in [0.4, 0.5) is 0 Å². The molecule has 5 nitrogen and oxygen atoms in total. The van der Waals surface area contributed by atoms with E-state index in [1.807, 2.05) is 0 Å². The fraction of sp³-hybridized carbons (Fsp3) is 0.812. The molecule has 2 N–H and O–H groups in total. The van der Waals surface area contributed by atoms with Gasteiger partial charge < -0.3 is 19.7 Å². The molecule has 0 aromatic heterocycles. The zero-order valence-corrected chi connectivity index (χ0v) is 12.7. The number of hydrogen-bond donors (Lipinski definition) is 2. The summed E-state index contributed by atoms with van der Waals surface area (Å²) in [7, 11) is 0. The molecule has 1 heterocycles. The van der Waals surface area contributed by atoms with Crippen LogP contribution in [0.15, 0.2) is 11.6 Å². The second-order valence-electron chi connectivity index (χ2n) is 6.13. The summed E-state index contributed by atoms with van der Waals surface area (Å²) in [5.74, 6) is 0.0509. The molecule has 4 unspecified atom stereocenters. The lowest BCUT2D eigenvalue weighted by Gasteiger charge is -2.18. The Kier molecular flexibility index (Phi) is 6.21. The molecule has 1 aliphatic carbocycles. The van der Waals surface area contributed by atoms with E-state index >= 15 is 0 Å². The van der Waals surface area contributed by atoms with Crippen LogP contribution in [-0.2, 0) is 14.3 Å². The predicted octanol–water partition coefficient (Wildman–Crippen LogP) is 1.57. The van der Waals surface area contributed by atoms with Crippen molar-refractivity contribution in [3.8, 4) is 0 Å². The second kappa shape index (κ2) is 7.92. The fourth-order valence-electron chi connectivity index (χ4n) is 2.85. The van der Waals surface area contributed by atoms with E-state index in [1.165, 1.54) is 0 Å². The second-order valence-corrected chi connectivity index (χ2v) is 6.13. The summed E-state index contributed by atoms with van der Waals surface area (Å²) in [5.41, 5.74) is 0.447. The molecule has 2 fully saturated rings. The lowest BCUT2D eigenvalue weighted by Crippen LogP contribution is -2.21. The van der Waals surface area contributed by atoms with Crippen LogP contribution in [0.3, 0.4) is 0 Å². The third-order valence-electron chi connectivity index (χ3n) is 4.24. The summed E-state index contributed by atoms with van der Waals surface area (Å²) < 4.78 is 10.8. The van der Waals surface area contributed by atoms with Gasteiger partial charge in [-0.15, -0.1) is 0 Å². The van der Waals surface area contributed by atoms with Gasteiger partial charge in [0.2, 0.25) is 0 Å². The van der Waals surface area contributed by atoms with Gasteiger partial charge in [0.05, 0.1) is 24.9 Å². The topological polar surface area (TPSA) is 79.3 Å². The molecule has 120 valence electrons. The van der Waals surface area contributed by atoms with E-state index < -0.39 is 6.10 Å². The van der Waals surface area contributed by atoms with Crippen molar-refractivity contribution in [2.45, 2.75) is 63.8 Å². The highest BCUT2D eigenvalue weighted by atomic mass is 16.6. The van der Waals surface area contributed by atoms with E-state index in [0.717, 1.165) is 25.7 Å². The lowest BCUT2D eigenvalue weighted by molar-refractivity contribution is -0.140. The average molecular weight is 298 g/mol. The number of aliphatic hydroxyl groups excluding tert-OH is 2.